The Morgan fingerprint density at radius 2 is 1.89 bits per heavy atom. The van der Waals surface area contributed by atoms with E-state index in [1.54, 1.807) is 42.5 Å². The lowest BCUT2D eigenvalue weighted by atomic mass is 10.0. The van der Waals surface area contributed by atoms with Gasteiger partial charge in [0.2, 0.25) is 5.91 Å². The number of nitrogens with one attached hydrogen (secondary N) is 2. The van der Waals surface area contributed by atoms with Crippen LogP contribution in [0.4, 0.5) is 5.69 Å². The Balaban J connectivity index is 2.21. The molecule has 2 amide bonds. The Labute approximate surface area is 156 Å². The van der Waals surface area contributed by atoms with E-state index in [1.165, 1.54) is 20.1 Å². The van der Waals surface area contributed by atoms with Crippen LogP contribution in [0, 0.1) is 11.3 Å². The van der Waals surface area contributed by atoms with Gasteiger partial charge in [-0.15, -0.1) is 0 Å². The van der Waals surface area contributed by atoms with Gasteiger partial charge in [0.05, 0.1) is 18.7 Å². The Kier molecular flexibility index (Phi) is 6.67. The van der Waals surface area contributed by atoms with E-state index in [4.69, 9.17) is 4.74 Å². The van der Waals surface area contributed by atoms with Crippen LogP contribution in [0.5, 0.6) is 0 Å². The monoisotopic (exact) mass is 365 g/mol. The number of methoxy groups -OCH3 is 1. The van der Waals surface area contributed by atoms with Crippen LogP contribution in [0.1, 0.15) is 28.4 Å². The first-order valence-electron chi connectivity index (χ1n) is 8.19. The zero-order chi connectivity index (χ0) is 19.8. The van der Waals surface area contributed by atoms with Crippen LogP contribution in [0.2, 0.25) is 0 Å². The smallest absolute Gasteiger partial charge is 0.328 e. The molecule has 2 N–H and O–H groups in total. The van der Waals surface area contributed by atoms with E-state index in [1.807, 2.05) is 0 Å². The molecule has 2 aromatic carbocycles. The molecule has 0 saturated carbocycles. The predicted molar refractivity (Wildman–Crippen MR) is 98.9 cm³/mol. The Hall–Kier alpha value is -3.66. The summed E-state index contributed by atoms with van der Waals surface area (Å²) in [7, 11) is 1.23. The van der Waals surface area contributed by atoms with Crippen LogP contribution in [0.3, 0.4) is 0 Å². The van der Waals surface area contributed by atoms with E-state index < -0.39 is 17.9 Å². The molecule has 1 atom stereocenters. The number of benzene rings is 2. The third kappa shape index (κ3) is 5.41. The molecule has 0 unspecified atom stereocenters. The van der Waals surface area contributed by atoms with Gasteiger partial charge in [0.25, 0.3) is 5.91 Å². The van der Waals surface area contributed by atoms with Gasteiger partial charge in [-0.2, -0.15) is 5.26 Å². The van der Waals surface area contributed by atoms with Gasteiger partial charge < -0.3 is 15.4 Å². The summed E-state index contributed by atoms with van der Waals surface area (Å²) in [5, 5.41) is 14.4. The molecule has 138 valence electrons. The van der Waals surface area contributed by atoms with E-state index >= 15 is 0 Å². The zero-order valence-corrected chi connectivity index (χ0v) is 15.0. The number of hydrogen-bond acceptors (Lipinski definition) is 5. The summed E-state index contributed by atoms with van der Waals surface area (Å²) in [5.41, 5.74) is 1.80. The van der Waals surface area contributed by atoms with Crippen molar-refractivity contribution < 1.29 is 19.1 Å². The molecule has 2 aromatic rings. The van der Waals surface area contributed by atoms with Crippen LogP contribution in [0.25, 0.3) is 0 Å². The highest BCUT2D eigenvalue weighted by molar-refractivity contribution is 5.98. The number of anilines is 1. The van der Waals surface area contributed by atoms with Gasteiger partial charge in [0.1, 0.15) is 6.04 Å². The number of esters is 1. The normalized spacial score (nSPS) is 11.0. The molecular weight excluding hydrogens is 346 g/mol. The molecule has 0 bridgehead atoms. The highest BCUT2D eigenvalue weighted by atomic mass is 16.5. The fourth-order valence-corrected chi connectivity index (χ4v) is 2.55. The minimum atomic E-state index is -0.957. The van der Waals surface area contributed by atoms with Gasteiger partial charge in [-0.3, -0.25) is 9.59 Å². The van der Waals surface area contributed by atoms with Crippen molar-refractivity contribution in [3.8, 4) is 6.07 Å². The van der Waals surface area contributed by atoms with E-state index in [2.05, 4.69) is 16.7 Å². The third-order valence-corrected chi connectivity index (χ3v) is 3.80. The molecule has 2 rings (SSSR count). The molecule has 0 heterocycles. The van der Waals surface area contributed by atoms with Crippen LogP contribution in [-0.4, -0.2) is 30.9 Å². The average molecular weight is 365 g/mol. The molecule has 0 aliphatic carbocycles. The van der Waals surface area contributed by atoms with E-state index in [0.29, 0.717) is 16.8 Å². The van der Waals surface area contributed by atoms with Gasteiger partial charge in [0.15, 0.2) is 0 Å². The second kappa shape index (κ2) is 9.15. The number of rotatable bonds is 6. The summed E-state index contributed by atoms with van der Waals surface area (Å²) < 4.78 is 4.78. The summed E-state index contributed by atoms with van der Waals surface area (Å²) >= 11 is 0. The second-order valence-electron chi connectivity index (χ2n) is 5.78. The highest BCUT2D eigenvalue weighted by Gasteiger charge is 2.23. The first-order valence-corrected chi connectivity index (χ1v) is 8.19. The molecule has 0 aliphatic rings. The Bertz CT molecular complexity index is 902. The molecule has 0 fully saturated rings. The fourth-order valence-electron chi connectivity index (χ4n) is 2.55. The van der Waals surface area contributed by atoms with Gasteiger partial charge in [-0.25, -0.2) is 4.79 Å². The van der Waals surface area contributed by atoms with Crippen molar-refractivity contribution in [1.82, 2.24) is 5.32 Å². The summed E-state index contributed by atoms with van der Waals surface area (Å²) in [6.07, 6.45) is 0.119. The van der Waals surface area contributed by atoms with Gasteiger partial charge in [0, 0.05) is 24.6 Å². The van der Waals surface area contributed by atoms with Crippen molar-refractivity contribution in [2.24, 2.45) is 0 Å². The lowest BCUT2D eigenvalue weighted by Crippen LogP contribution is -2.43. The summed E-state index contributed by atoms with van der Waals surface area (Å²) in [6.45, 7) is 1.37. The van der Waals surface area contributed by atoms with Crippen molar-refractivity contribution in [2.45, 2.75) is 19.4 Å². The molecule has 7 heteroatoms. The predicted octanol–water partition coefficient (Wildman–Crippen LogP) is 2.03. The number of ether oxygens (including phenoxy) is 1. The van der Waals surface area contributed by atoms with Crippen LogP contribution in [-0.2, 0) is 20.7 Å². The lowest BCUT2D eigenvalue weighted by molar-refractivity contribution is -0.142. The van der Waals surface area contributed by atoms with Crippen molar-refractivity contribution in [2.75, 3.05) is 12.4 Å². The maximum atomic E-state index is 12.6. The number of nitriles is 1. The SMILES string of the molecule is COC(=O)[C@@H](Cc1ccccc1C#N)NC(=O)c1cccc(NC(C)=O)c1. The minimum absolute atomic E-state index is 0.119. The molecule has 0 aliphatic heterocycles. The van der Waals surface area contributed by atoms with E-state index in [0.717, 1.165) is 0 Å². The van der Waals surface area contributed by atoms with Crippen LogP contribution < -0.4 is 10.6 Å². The number of nitrogens with zero attached hydrogens (tertiary/aromatic N) is 1. The molecule has 7 nitrogen and oxygen atoms in total. The number of carbonyl (C=O) groups excluding carboxylic acids is 3. The third-order valence-electron chi connectivity index (χ3n) is 3.80. The molecule has 27 heavy (non-hydrogen) atoms. The molecule has 0 spiro atoms. The summed E-state index contributed by atoms with van der Waals surface area (Å²) in [4.78, 5) is 35.8. The fraction of sp³-hybridized carbons (Fsp3) is 0.200. The van der Waals surface area contributed by atoms with Crippen molar-refractivity contribution in [1.29, 1.82) is 5.26 Å². The van der Waals surface area contributed by atoms with E-state index in [9.17, 15) is 19.6 Å². The molecule has 0 aromatic heterocycles. The Morgan fingerprint density at radius 3 is 2.56 bits per heavy atom. The average Bonchev–Trinajstić information content (AvgIpc) is 2.66. The quantitative estimate of drug-likeness (QED) is 0.762. The summed E-state index contributed by atoms with van der Waals surface area (Å²) in [5.74, 6) is -1.37. The molecule has 0 saturated heterocycles. The maximum Gasteiger partial charge on any atom is 0.328 e. The molecule has 0 radical (unpaired) electrons. The summed E-state index contributed by atoms with van der Waals surface area (Å²) in [6, 6.07) is 14.3. The zero-order valence-electron chi connectivity index (χ0n) is 15.0. The Morgan fingerprint density at radius 1 is 1.15 bits per heavy atom. The number of amides is 2. The first-order chi connectivity index (χ1) is 12.9. The van der Waals surface area contributed by atoms with E-state index in [-0.39, 0.29) is 17.9 Å². The minimum Gasteiger partial charge on any atom is -0.467 e. The van der Waals surface area contributed by atoms with Gasteiger partial charge >= 0.3 is 5.97 Å². The van der Waals surface area contributed by atoms with Crippen molar-refractivity contribution >= 4 is 23.5 Å². The largest absolute Gasteiger partial charge is 0.467 e. The van der Waals surface area contributed by atoms with Crippen molar-refractivity contribution in [3.63, 3.8) is 0 Å². The first kappa shape index (κ1) is 19.7. The lowest BCUT2D eigenvalue weighted by Gasteiger charge is -2.17. The topological polar surface area (TPSA) is 108 Å². The van der Waals surface area contributed by atoms with Crippen LogP contribution in [0.15, 0.2) is 48.5 Å². The maximum absolute atomic E-state index is 12.6. The van der Waals surface area contributed by atoms with Gasteiger partial charge in [-0.05, 0) is 29.8 Å². The second-order valence-corrected chi connectivity index (χ2v) is 5.78. The van der Waals surface area contributed by atoms with Crippen LogP contribution >= 0.6 is 0 Å². The number of carbonyl (C=O) groups is 3. The van der Waals surface area contributed by atoms with Crippen molar-refractivity contribution in [3.05, 3.63) is 65.2 Å². The molecular formula is C20H19N3O4. The number of hydrogen-bond donors (Lipinski definition) is 2. The van der Waals surface area contributed by atoms with Gasteiger partial charge in [-0.1, -0.05) is 24.3 Å². The highest BCUT2D eigenvalue weighted by Crippen LogP contribution is 2.13. The standard InChI is InChI=1S/C20H19N3O4/c1-13(24)22-17-9-5-8-15(10-17)19(25)23-18(20(26)27-2)11-14-6-3-4-7-16(14)12-21/h3-10,18H,11H2,1-2H3,(H,22,24)(H,23,25)/t18-/m1/s1.